The molecule has 1 rings (SSSR count). The van der Waals surface area contributed by atoms with Crippen LogP contribution in [0, 0.1) is 22.7 Å². The van der Waals surface area contributed by atoms with Gasteiger partial charge in [-0.25, -0.2) is 0 Å². The van der Waals surface area contributed by atoms with Gasteiger partial charge in [-0.15, -0.1) is 0 Å². The molecule has 0 heterocycles. The highest BCUT2D eigenvalue weighted by Gasteiger charge is 2.52. The van der Waals surface area contributed by atoms with Gasteiger partial charge in [0.05, 0.1) is 0 Å². The summed E-state index contributed by atoms with van der Waals surface area (Å²) in [5.41, 5.74) is 1.30. The zero-order chi connectivity index (χ0) is 13.8. The quantitative estimate of drug-likeness (QED) is 0.442. The predicted octanol–water partition coefficient (Wildman–Crippen LogP) is 6.45. The standard InChI is InChI=1S/C18H36/c1-7-10-11-15(4)18(6)14-16(18)12-13-17(5,8-2)9-3/h15-16H,7-14H2,1-6H3. The molecule has 1 fully saturated rings. The third-order valence-electron chi connectivity index (χ3n) is 6.38. The van der Waals surface area contributed by atoms with Gasteiger partial charge >= 0.3 is 0 Å². The van der Waals surface area contributed by atoms with E-state index in [-0.39, 0.29) is 0 Å². The molecule has 0 N–H and O–H groups in total. The molecule has 1 aliphatic carbocycles. The topological polar surface area (TPSA) is 0 Å². The van der Waals surface area contributed by atoms with E-state index in [1.165, 1.54) is 51.4 Å². The van der Waals surface area contributed by atoms with Crippen LogP contribution in [0.25, 0.3) is 0 Å². The molecule has 108 valence electrons. The van der Waals surface area contributed by atoms with Crippen molar-refractivity contribution < 1.29 is 0 Å². The molecule has 0 heteroatoms. The minimum Gasteiger partial charge on any atom is -0.0654 e. The van der Waals surface area contributed by atoms with Crippen molar-refractivity contribution >= 4 is 0 Å². The van der Waals surface area contributed by atoms with Gasteiger partial charge in [-0.3, -0.25) is 0 Å². The SMILES string of the molecule is CCCCC(C)C1(C)CC1CCC(C)(CC)CC. The van der Waals surface area contributed by atoms with Crippen LogP contribution in [0.5, 0.6) is 0 Å². The van der Waals surface area contributed by atoms with Crippen LogP contribution in [0.15, 0.2) is 0 Å². The first-order valence-electron chi connectivity index (χ1n) is 8.41. The van der Waals surface area contributed by atoms with Crippen LogP contribution in [0.1, 0.15) is 92.9 Å². The van der Waals surface area contributed by atoms with Gasteiger partial charge in [0.15, 0.2) is 0 Å². The maximum absolute atomic E-state index is 2.55. The number of rotatable bonds is 9. The summed E-state index contributed by atoms with van der Waals surface area (Å²) >= 11 is 0. The van der Waals surface area contributed by atoms with Crippen LogP contribution in [0.3, 0.4) is 0 Å². The van der Waals surface area contributed by atoms with Crippen molar-refractivity contribution in [2.75, 3.05) is 0 Å². The second kappa shape index (κ2) is 6.44. The van der Waals surface area contributed by atoms with E-state index >= 15 is 0 Å². The average molecular weight is 252 g/mol. The summed E-state index contributed by atoms with van der Waals surface area (Å²) in [5.74, 6) is 1.97. The molecule has 0 bridgehead atoms. The monoisotopic (exact) mass is 252 g/mol. The lowest BCUT2D eigenvalue weighted by atomic mass is 9.78. The van der Waals surface area contributed by atoms with E-state index in [9.17, 15) is 0 Å². The van der Waals surface area contributed by atoms with Gasteiger partial charge in [-0.2, -0.15) is 0 Å². The van der Waals surface area contributed by atoms with Crippen LogP contribution in [-0.2, 0) is 0 Å². The van der Waals surface area contributed by atoms with Crippen LogP contribution in [0.4, 0.5) is 0 Å². The van der Waals surface area contributed by atoms with Gasteiger partial charge in [0.2, 0.25) is 0 Å². The molecule has 3 unspecified atom stereocenters. The Morgan fingerprint density at radius 2 is 1.83 bits per heavy atom. The lowest BCUT2D eigenvalue weighted by molar-refractivity contribution is 0.238. The number of hydrogen-bond acceptors (Lipinski definition) is 0. The van der Waals surface area contributed by atoms with E-state index in [4.69, 9.17) is 0 Å². The summed E-state index contributed by atoms with van der Waals surface area (Å²) in [7, 11) is 0. The molecule has 0 saturated heterocycles. The van der Waals surface area contributed by atoms with Crippen molar-refractivity contribution in [3.8, 4) is 0 Å². The van der Waals surface area contributed by atoms with E-state index in [0.717, 1.165) is 11.8 Å². The highest BCUT2D eigenvalue weighted by molar-refractivity contribution is 5.02. The van der Waals surface area contributed by atoms with E-state index in [1.807, 2.05) is 0 Å². The summed E-state index contributed by atoms with van der Waals surface area (Å²) in [6.07, 6.45) is 11.3. The fraction of sp³-hybridized carbons (Fsp3) is 1.00. The molecule has 0 aromatic heterocycles. The summed E-state index contributed by atoms with van der Waals surface area (Å²) in [6.45, 7) is 14.6. The Kier molecular flexibility index (Phi) is 5.74. The lowest BCUT2D eigenvalue weighted by Gasteiger charge is -2.28. The molecule has 0 nitrogen and oxygen atoms in total. The largest absolute Gasteiger partial charge is 0.0654 e. The minimum absolute atomic E-state index is 0.607. The van der Waals surface area contributed by atoms with Crippen molar-refractivity contribution in [3.05, 3.63) is 0 Å². The second-order valence-corrected chi connectivity index (χ2v) is 7.51. The first-order valence-corrected chi connectivity index (χ1v) is 8.41. The van der Waals surface area contributed by atoms with Gasteiger partial charge in [0.25, 0.3) is 0 Å². The zero-order valence-electron chi connectivity index (χ0n) is 13.8. The van der Waals surface area contributed by atoms with Gasteiger partial charge in [-0.1, -0.05) is 73.6 Å². The lowest BCUT2D eigenvalue weighted by Crippen LogP contribution is -2.16. The van der Waals surface area contributed by atoms with Crippen LogP contribution in [0.2, 0.25) is 0 Å². The van der Waals surface area contributed by atoms with Gasteiger partial charge < -0.3 is 0 Å². The van der Waals surface area contributed by atoms with Crippen LogP contribution < -0.4 is 0 Å². The minimum atomic E-state index is 0.607. The van der Waals surface area contributed by atoms with Gasteiger partial charge in [0.1, 0.15) is 0 Å². The molecule has 0 aromatic carbocycles. The Morgan fingerprint density at radius 1 is 1.22 bits per heavy atom. The third-order valence-corrected chi connectivity index (χ3v) is 6.38. The molecule has 0 aliphatic heterocycles. The van der Waals surface area contributed by atoms with E-state index in [0.29, 0.717) is 10.8 Å². The maximum atomic E-state index is 2.55. The highest BCUT2D eigenvalue weighted by Crippen LogP contribution is 2.61. The Labute approximate surface area is 116 Å². The summed E-state index contributed by atoms with van der Waals surface area (Å²) in [4.78, 5) is 0. The summed E-state index contributed by atoms with van der Waals surface area (Å²) in [6, 6.07) is 0. The smallest absolute Gasteiger partial charge is 0.0269 e. The normalized spacial score (nSPS) is 29.3. The van der Waals surface area contributed by atoms with Crippen LogP contribution >= 0.6 is 0 Å². The first kappa shape index (κ1) is 16.1. The summed E-state index contributed by atoms with van der Waals surface area (Å²) in [5, 5.41) is 0. The molecule has 0 spiro atoms. The molecular weight excluding hydrogens is 216 g/mol. The fourth-order valence-electron chi connectivity index (χ4n) is 3.47. The Balaban J connectivity index is 2.35. The van der Waals surface area contributed by atoms with Crippen molar-refractivity contribution in [2.45, 2.75) is 92.9 Å². The first-order chi connectivity index (χ1) is 8.41. The zero-order valence-corrected chi connectivity index (χ0v) is 13.8. The van der Waals surface area contributed by atoms with Gasteiger partial charge in [0, 0.05) is 0 Å². The fourth-order valence-corrected chi connectivity index (χ4v) is 3.47. The van der Waals surface area contributed by atoms with Crippen LogP contribution in [-0.4, -0.2) is 0 Å². The molecule has 0 amide bonds. The number of hydrogen-bond donors (Lipinski definition) is 0. The average Bonchev–Trinajstić information content (AvgIpc) is 3.05. The molecular formula is C18H36. The van der Waals surface area contributed by atoms with Crippen molar-refractivity contribution in [1.29, 1.82) is 0 Å². The summed E-state index contributed by atoms with van der Waals surface area (Å²) < 4.78 is 0. The Bertz CT molecular complexity index is 238. The molecule has 1 aliphatic rings. The molecule has 0 aromatic rings. The molecule has 0 radical (unpaired) electrons. The Morgan fingerprint density at radius 3 is 2.33 bits per heavy atom. The van der Waals surface area contributed by atoms with Crippen molar-refractivity contribution in [2.24, 2.45) is 22.7 Å². The maximum Gasteiger partial charge on any atom is -0.0269 e. The third kappa shape index (κ3) is 3.75. The van der Waals surface area contributed by atoms with Crippen molar-refractivity contribution in [1.82, 2.24) is 0 Å². The molecule has 18 heavy (non-hydrogen) atoms. The Hall–Kier alpha value is 0. The number of unbranched alkanes of at least 4 members (excludes halogenated alkanes) is 1. The van der Waals surface area contributed by atoms with E-state index in [1.54, 1.807) is 0 Å². The van der Waals surface area contributed by atoms with E-state index < -0.39 is 0 Å². The predicted molar refractivity (Wildman–Crippen MR) is 82.8 cm³/mol. The molecule has 1 saturated carbocycles. The highest BCUT2D eigenvalue weighted by atomic mass is 14.6. The second-order valence-electron chi connectivity index (χ2n) is 7.51. The molecule has 3 atom stereocenters. The van der Waals surface area contributed by atoms with Gasteiger partial charge in [-0.05, 0) is 41.9 Å². The van der Waals surface area contributed by atoms with E-state index in [2.05, 4.69) is 41.5 Å². The van der Waals surface area contributed by atoms with Crippen molar-refractivity contribution in [3.63, 3.8) is 0 Å².